The third-order valence-electron chi connectivity index (χ3n) is 3.26. The lowest BCUT2D eigenvalue weighted by molar-refractivity contribution is 0.525. The van der Waals surface area contributed by atoms with E-state index in [0.29, 0.717) is 27.0 Å². The molecule has 0 bridgehead atoms. The summed E-state index contributed by atoms with van der Waals surface area (Å²) in [4.78, 5) is 0. The van der Waals surface area contributed by atoms with E-state index in [2.05, 4.69) is 6.07 Å². The van der Waals surface area contributed by atoms with E-state index in [4.69, 9.17) is 38.6 Å². The fourth-order valence-electron chi connectivity index (χ4n) is 2.18. The van der Waals surface area contributed by atoms with Crippen LogP contribution in [0.5, 0.6) is 0 Å². The van der Waals surface area contributed by atoms with Gasteiger partial charge in [0, 0.05) is 10.4 Å². The molecule has 3 rings (SSSR count). The summed E-state index contributed by atoms with van der Waals surface area (Å²) in [5, 5.41) is 10.6. The van der Waals surface area contributed by atoms with Gasteiger partial charge < -0.3 is 10.2 Å². The molecule has 3 nitrogen and oxygen atoms in total. The van der Waals surface area contributed by atoms with Crippen LogP contribution < -0.4 is 5.73 Å². The maximum atomic E-state index is 8.81. The zero-order valence-corrected chi connectivity index (χ0v) is 12.3. The summed E-state index contributed by atoms with van der Waals surface area (Å²) in [6.07, 6.45) is 0. The van der Waals surface area contributed by atoms with Crippen molar-refractivity contribution in [3.8, 4) is 6.07 Å². The van der Waals surface area contributed by atoms with E-state index in [1.165, 1.54) is 0 Å². The van der Waals surface area contributed by atoms with E-state index >= 15 is 0 Å². The predicted octanol–water partition coefficient (Wildman–Crippen LogP) is 4.66. The predicted molar refractivity (Wildman–Crippen MR) is 83.4 cm³/mol. The molecule has 5 heteroatoms. The number of benzene rings is 2. The molecule has 0 saturated carbocycles. The van der Waals surface area contributed by atoms with Gasteiger partial charge in [0.25, 0.3) is 0 Å². The van der Waals surface area contributed by atoms with Crippen molar-refractivity contribution in [2.75, 3.05) is 0 Å². The first kappa shape index (κ1) is 14.0. The highest BCUT2D eigenvalue weighted by molar-refractivity contribution is 6.38. The second-order valence-corrected chi connectivity index (χ2v) is 5.51. The second-order valence-electron chi connectivity index (χ2n) is 4.67. The van der Waals surface area contributed by atoms with E-state index in [1.807, 2.05) is 18.2 Å². The van der Waals surface area contributed by atoms with Gasteiger partial charge in [-0.1, -0.05) is 35.3 Å². The fourth-order valence-corrected chi connectivity index (χ4v) is 2.73. The van der Waals surface area contributed by atoms with Gasteiger partial charge in [0.05, 0.1) is 22.7 Å². The summed E-state index contributed by atoms with van der Waals surface area (Å²) in [5.41, 5.74) is 8.22. The molecule has 0 aliphatic rings. The Balaban J connectivity index is 2.03. The summed E-state index contributed by atoms with van der Waals surface area (Å²) in [6, 6.07) is 13.9. The standard InChI is InChI=1S/C16H10Cl2N2O/c17-12-5-11-6-14(21-16(11)13(18)7-12)15(20)10-3-1-9(8-19)2-4-10/h1-7,15H,20H2. The van der Waals surface area contributed by atoms with Crippen LogP contribution in [-0.2, 0) is 0 Å². The molecule has 1 atom stereocenters. The van der Waals surface area contributed by atoms with Crippen LogP contribution >= 0.6 is 23.2 Å². The summed E-state index contributed by atoms with van der Waals surface area (Å²) >= 11 is 12.1. The average molecular weight is 317 g/mol. The number of halogens is 2. The van der Waals surface area contributed by atoms with Crippen LogP contribution in [0.15, 0.2) is 46.9 Å². The Kier molecular flexibility index (Phi) is 3.60. The Morgan fingerprint density at radius 3 is 2.48 bits per heavy atom. The molecule has 1 unspecified atom stereocenters. The smallest absolute Gasteiger partial charge is 0.153 e. The van der Waals surface area contributed by atoms with Crippen LogP contribution in [0, 0.1) is 11.3 Å². The van der Waals surface area contributed by atoms with Crippen molar-refractivity contribution >= 4 is 34.2 Å². The monoisotopic (exact) mass is 316 g/mol. The summed E-state index contributed by atoms with van der Waals surface area (Å²) in [7, 11) is 0. The molecule has 104 valence electrons. The van der Waals surface area contributed by atoms with Crippen LogP contribution in [0.3, 0.4) is 0 Å². The Morgan fingerprint density at radius 1 is 1.10 bits per heavy atom. The lowest BCUT2D eigenvalue weighted by Gasteiger charge is -2.08. The number of fused-ring (bicyclic) bond motifs is 1. The number of nitrogens with zero attached hydrogens (tertiary/aromatic N) is 1. The van der Waals surface area contributed by atoms with E-state index in [1.54, 1.807) is 24.3 Å². The molecular weight excluding hydrogens is 307 g/mol. The molecular formula is C16H10Cl2N2O. The molecule has 1 heterocycles. The topological polar surface area (TPSA) is 63.0 Å². The van der Waals surface area contributed by atoms with Crippen molar-refractivity contribution in [3.05, 3.63) is 69.4 Å². The Hall–Kier alpha value is -1.99. The van der Waals surface area contributed by atoms with E-state index < -0.39 is 6.04 Å². The number of nitrogens with two attached hydrogens (primary N) is 1. The SMILES string of the molecule is N#Cc1ccc(C(N)c2cc3cc(Cl)cc(Cl)c3o2)cc1. The summed E-state index contributed by atoms with van der Waals surface area (Å²) in [5.74, 6) is 0.596. The molecule has 0 fully saturated rings. The van der Waals surface area contributed by atoms with Crippen molar-refractivity contribution in [2.45, 2.75) is 6.04 Å². The number of furan rings is 1. The number of nitriles is 1. The van der Waals surface area contributed by atoms with Crippen LogP contribution in [0.1, 0.15) is 22.9 Å². The lowest BCUT2D eigenvalue weighted by atomic mass is 10.0. The maximum Gasteiger partial charge on any atom is 0.153 e. The molecule has 2 N–H and O–H groups in total. The van der Waals surface area contributed by atoms with Crippen molar-refractivity contribution in [3.63, 3.8) is 0 Å². The summed E-state index contributed by atoms with van der Waals surface area (Å²) in [6.45, 7) is 0. The zero-order chi connectivity index (χ0) is 15.0. The minimum absolute atomic E-state index is 0.431. The lowest BCUT2D eigenvalue weighted by Crippen LogP contribution is -2.10. The minimum atomic E-state index is -0.431. The van der Waals surface area contributed by atoms with Crippen LogP contribution in [0.25, 0.3) is 11.0 Å². The van der Waals surface area contributed by atoms with Crippen LogP contribution in [-0.4, -0.2) is 0 Å². The first-order chi connectivity index (χ1) is 10.1. The summed E-state index contributed by atoms with van der Waals surface area (Å²) < 4.78 is 5.75. The first-order valence-corrected chi connectivity index (χ1v) is 6.98. The van der Waals surface area contributed by atoms with Gasteiger partial charge in [-0.3, -0.25) is 0 Å². The normalized spacial score (nSPS) is 12.3. The van der Waals surface area contributed by atoms with Gasteiger partial charge in [-0.05, 0) is 35.9 Å². The van der Waals surface area contributed by atoms with Gasteiger partial charge in [0.1, 0.15) is 5.76 Å². The van der Waals surface area contributed by atoms with E-state index in [-0.39, 0.29) is 0 Å². The molecule has 2 aromatic carbocycles. The fraction of sp³-hybridized carbons (Fsp3) is 0.0625. The van der Waals surface area contributed by atoms with Gasteiger partial charge in [-0.2, -0.15) is 5.26 Å². The zero-order valence-electron chi connectivity index (χ0n) is 10.8. The van der Waals surface area contributed by atoms with Crippen LogP contribution in [0.2, 0.25) is 10.0 Å². The largest absolute Gasteiger partial charge is 0.457 e. The average Bonchev–Trinajstić information content (AvgIpc) is 2.91. The molecule has 0 amide bonds. The maximum absolute atomic E-state index is 8.81. The van der Waals surface area contributed by atoms with Crippen molar-refractivity contribution in [1.82, 2.24) is 0 Å². The van der Waals surface area contributed by atoms with Gasteiger partial charge in [0.2, 0.25) is 0 Å². The van der Waals surface area contributed by atoms with Gasteiger partial charge in [0.15, 0.2) is 5.58 Å². The molecule has 0 spiro atoms. The molecule has 0 aliphatic carbocycles. The van der Waals surface area contributed by atoms with Crippen molar-refractivity contribution in [1.29, 1.82) is 5.26 Å². The Bertz CT molecular complexity index is 847. The second kappa shape index (κ2) is 5.42. The van der Waals surface area contributed by atoms with Crippen LogP contribution in [0.4, 0.5) is 0 Å². The third kappa shape index (κ3) is 2.62. The molecule has 3 aromatic rings. The van der Waals surface area contributed by atoms with Gasteiger partial charge >= 0.3 is 0 Å². The van der Waals surface area contributed by atoms with Crippen molar-refractivity contribution in [2.24, 2.45) is 5.73 Å². The number of rotatable bonds is 2. The Labute approximate surface area is 131 Å². The highest BCUT2D eigenvalue weighted by Crippen LogP contribution is 2.33. The number of hydrogen-bond acceptors (Lipinski definition) is 3. The molecule has 0 aliphatic heterocycles. The van der Waals surface area contributed by atoms with E-state index in [9.17, 15) is 0 Å². The number of hydrogen-bond donors (Lipinski definition) is 1. The quantitative estimate of drug-likeness (QED) is 0.747. The minimum Gasteiger partial charge on any atom is -0.457 e. The highest BCUT2D eigenvalue weighted by Gasteiger charge is 2.16. The third-order valence-corrected chi connectivity index (χ3v) is 3.76. The van der Waals surface area contributed by atoms with Gasteiger partial charge in [-0.25, -0.2) is 0 Å². The molecule has 21 heavy (non-hydrogen) atoms. The van der Waals surface area contributed by atoms with E-state index in [0.717, 1.165) is 10.9 Å². The van der Waals surface area contributed by atoms with Crippen molar-refractivity contribution < 1.29 is 4.42 Å². The molecule has 0 saturated heterocycles. The van der Waals surface area contributed by atoms with Gasteiger partial charge in [-0.15, -0.1) is 0 Å². The molecule has 0 radical (unpaired) electrons. The molecule has 1 aromatic heterocycles. The first-order valence-electron chi connectivity index (χ1n) is 6.22. The Morgan fingerprint density at radius 2 is 1.81 bits per heavy atom. The highest BCUT2D eigenvalue weighted by atomic mass is 35.5.